The van der Waals surface area contributed by atoms with E-state index in [0.717, 1.165) is 29.4 Å². The fraction of sp³-hybridized carbons (Fsp3) is 0.350. The summed E-state index contributed by atoms with van der Waals surface area (Å²) in [5.41, 5.74) is 3.53. The summed E-state index contributed by atoms with van der Waals surface area (Å²) in [6.07, 6.45) is 7.02. The molecule has 0 atom stereocenters. The molecule has 1 aliphatic carbocycles. The van der Waals surface area contributed by atoms with Crippen LogP contribution in [-0.4, -0.2) is 27.6 Å². The first-order valence-corrected chi connectivity index (χ1v) is 8.78. The van der Waals surface area contributed by atoms with Crippen molar-refractivity contribution in [3.05, 3.63) is 47.5 Å². The Morgan fingerprint density at radius 3 is 2.58 bits per heavy atom. The lowest BCUT2D eigenvalue weighted by atomic mass is 9.93. The zero-order chi connectivity index (χ0) is 18.3. The summed E-state index contributed by atoms with van der Waals surface area (Å²) >= 11 is 0. The van der Waals surface area contributed by atoms with Gasteiger partial charge in [0.1, 0.15) is 0 Å². The number of rotatable bonds is 3. The standard InChI is InChI=1S/C20H20FN3O2/c1-24-16-9-13(20(25)26-2)7-8-15(16)17(12-5-3-4-6-12)18(24)19-22-10-14(21)11-23-19/h7-12H,3-6H2,1-2H3. The van der Waals surface area contributed by atoms with Crippen LogP contribution in [0.15, 0.2) is 30.6 Å². The van der Waals surface area contributed by atoms with Crippen molar-refractivity contribution in [2.45, 2.75) is 31.6 Å². The molecule has 26 heavy (non-hydrogen) atoms. The normalized spacial score (nSPS) is 14.9. The molecule has 3 aromatic rings. The van der Waals surface area contributed by atoms with Gasteiger partial charge in [-0.3, -0.25) is 0 Å². The minimum atomic E-state index is -0.456. The number of ether oxygens (including phenoxy) is 1. The smallest absolute Gasteiger partial charge is 0.337 e. The van der Waals surface area contributed by atoms with E-state index in [4.69, 9.17) is 4.74 Å². The van der Waals surface area contributed by atoms with Crippen molar-refractivity contribution in [2.75, 3.05) is 7.11 Å². The number of aromatic nitrogens is 3. The second-order valence-corrected chi connectivity index (χ2v) is 6.75. The Hall–Kier alpha value is -2.76. The van der Waals surface area contributed by atoms with Gasteiger partial charge in [0.25, 0.3) is 0 Å². The summed E-state index contributed by atoms with van der Waals surface area (Å²) in [7, 11) is 3.31. The minimum absolute atomic E-state index is 0.366. The molecular formula is C20H20FN3O2. The van der Waals surface area contributed by atoms with Gasteiger partial charge in [0.2, 0.25) is 0 Å². The number of nitrogens with zero attached hydrogens (tertiary/aromatic N) is 3. The van der Waals surface area contributed by atoms with Crippen LogP contribution in [0.3, 0.4) is 0 Å². The van der Waals surface area contributed by atoms with E-state index in [1.807, 2.05) is 23.7 Å². The predicted octanol–water partition coefficient (Wildman–Crippen LogP) is 4.22. The molecule has 0 spiro atoms. The van der Waals surface area contributed by atoms with Gasteiger partial charge in [-0.05, 0) is 36.5 Å². The number of fused-ring (bicyclic) bond motifs is 1. The Morgan fingerprint density at radius 2 is 1.92 bits per heavy atom. The van der Waals surface area contributed by atoms with E-state index in [1.165, 1.54) is 37.9 Å². The highest BCUT2D eigenvalue weighted by Crippen LogP contribution is 2.43. The average Bonchev–Trinajstić information content (AvgIpc) is 3.28. The Morgan fingerprint density at radius 1 is 1.23 bits per heavy atom. The number of carbonyl (C=O) groups excluding carboxylic acids is 1. The van der Waals surface area contributed by atoms with E-state index in [2.05, 4.69) is 9.97 Å². The molecule has 6 heteroatoms. The number of halogens is 1. The molecule has 0 radical (unpaired) electrons. The van der Waals surface area contributed by atoms with Crippen LogP contribution in [0.4, 0.5) is 4.39 Å². The van der Waals surface area contributed by atoms with Crippen LogP contribution < -0.4 is 0 Å². The van der Waals surface area contributed by atoms with Crippen molar-refractivity contribution >= 4 is 16.9 Å². The number of hydrogen-bond acceptors (Lipinski definition) is 4. The van der Waals surface area contributed by atoms with Gasteiger partial charge in [0, 0.05) is 18.0 Å². The molecule has 1 fully saturated rings. The maximum Gasteiger partial charge on any atom is 0.337 e. The lowest BCUT2D eigenvalue weighted by molar-refractivity contribution is 0.0601. The second kappa shape index (κ2) is 6.52. The van der Waals surface area contributed by atoms with Gasteiger partial charge in [0.05, 0.1) is 30.8 Å². The van der Waals surface area contributed by atoms with Gasteiger partial charge in [-0.2, -0.15) is 0 Å². The lowest BCUT2D eigenvalue weighted by Gasteiger charge is -2.12. The van der Waals surface area contributed by atoms with E-state index < -0.39 is 5.82 Å². The summed E-state index contributed by atoms with van der Waals surface area (Å²) in [6.45, 7) is 0. The highest BCUT2D eigenvalue weighted by atomic mass is 19.1. The first kappa shape index (κ1) is 16.7. The molecule has 1 aromatic carbocycles. The van der Waals surface area contributed by atoms with Gasteiger partial charge in [-0.15, -0.1) is 0 Å². The van der Waals surface area contributed by atoms with Crippen LogP contribution in [0.1, 0.15) is 47.5 Å². The lowest BCUT2D eigenvalue weighted by Crippen LogP contribution is -2.02. The largest absolute Gasteiger partial charge is 0.465 e. The third-order valence-electron chi connectivity index (χ3n) is 5.26. The SMILES string of the molecule is COC(=O)c1ccc2c(C3CCCC3)c(-c3ncc(F)cn3)n(C)c2c1. The molecule has 2 heterocycles. The Balaban J connectivity index is 1.98. The first-order valence-electron chi connectivity index (χ1n) is 8.78. The summed E-state index contributed by atoms with van der Waals surface area (Å²) in [4.78, 5) is 20.3. The van der Waals surface area contributed by atoms with Gasteiger partial charge in [0.15, 0.2) is 11.6 Å². The summed E-state index contributed by atoms with van der Waals surface area (Å²) in [5, 5.41) is 1.09. The zero-order valence-electron chi connectivity index (χ0n) is 14.8. The Kier molecular flexibility index (Phi) is 4.18. The van der Waals surface area contributed by atoms with Crippen LogP contribution in [-0.2, 0) is 11.8 Å². The predicted molar refractivity (Wildman–Crippen MR) is 96.5 cm³/mol. The van der Waals surface area contributed by atoms with Gasteiger partial charge in [-0.1, -0.05) is 18.9 Å². The summed E-state index contributed by atoms with van der Waals surface area (Å²) in [5.74, 6) is 0.107. The molecule has 1 saturated carbocycles. The summed E-state index contributed by atoms with van der Waals surface area (Å²) in [6, 6.07) is 5.61. The monoisotopic (exact) mass is 353 g/mol. The third-order valence-corrected chi connectivity index (χ3v) is 5.26. The van der Waals surface area contributed by atoms with Crippen molar-refractivity contribution < 1.29 is 13.9 Å². The average molecular weight is 353 g/mol. The van der Waals surface area contributed by atoms with E-state index in [9.17, 15) is 9.18 Å². The number of aryl methyl sites for hydroxylation is 1. The number of esters is 1. The maximum atomic E-state index is 13.3. The topological polar surface area (TPSA) is 57.0 Å². The van der Waals surface area contributed by atoms with E-state index >= 15 is 0 Å². The van der Waals surface area contributed by atoms with E-state index in [-0.39, 0.29) is 5.97 Å². The van der Waals surface area contributed by atoms with Crippen molar-refractivity contribution in [3.63, 3.8) is 0 Å². The van der Waals surface area contributed by atoms with Crippen LogP contribution in [0.2, 0.25) is 0 Å². The maximum absolute atomic E-state index is 13.3. The molecule has 0 saturated heterocycles. The molecule has 5 nitrogen and oxygen atoms in total. The molecule has 0 aliphatic heterocycles. The molecular weight excluding hydrogens is 333 g/mol. The minimum Gasteiger partial charge on any atom is -0.465 e. The molecule has 0 N–H and O–H groups in total. The molecule has 134 valence electrons. The molecule has 2 aromatic heterocycles. The number of carbonyl (C=O) groups is 1. The van der Waals surface area contributed by atoms with Crippen LogP contribution in [0.25, 0.3) is 22.4 Å². The van der Waals surface area contributed by atoms with Crippen molar-refractivity contribution in [1.29, 1.82) is 0 Å². The molecule has 4 rings (SSSR count). The number of benzene rings is 1. The zero-order valence-corrected chi connectivity index (χ0v) is 14.8. The fourth-order valence-electron chi connectivity index (χ4n) is 4.04. The number of methoxy groups -OCH3 is 1. The van der Waals surface area contributed by atoms with E-state index in [1.54, 1.807) is 6.07 Å². The van der Waals surface area contributed by atoms with Gasteiger partial charge >= 0.3 is 5.97 Å². The quantitative estimate of drug-likeness (QED) is 0.662. The van der Waals surface area contributed by atoms with Crippen molar-refractivity contribution in [3.8, 4) is 11.5 Å². The Labute approximate surface area is 150 Å². The first-order chi connectivity index (χ1) is 12.6. The van der Waals surface area contributed by atoms with Crippen molar-refractivity contribution in [2.24, 2.45) is 7.05 Å². The summed E-state index contributed by atoms with van der Waals surface area (Å²) < 4.78 is 20.2. The van der Waals surface area contributed by atoms with Crippen LogP contribution in [0.5, 0.6) is 0 Å². The fourth-order valence-corrected chi connectivity index (χ4v) is 4.04. The molecule has 0 amide bonds. The Bertz CT molecular complexity index is 973. The highest BCUT2D eigenvalue weighted by Gasteiger charge is 2.28. The molecule has 0 unspecified atom stereocenters. The van der Waals surface area contributed by atoms with Crippen molar-refractivity contribution in [1.82, 2.24) is 14.5 Å². The van der Waals surface area contributed by atoms with Crippen LogP contribution in [0, 0.1) is 5.82 Å². The molecule has 0 bridgehead atoms. The van der Waals surface area contributed by atoms with Crippen LogP contribution >= 0.6 is 0 Å². The second-order valence-electron chi connectivity index (χ2n) is 6.75. The highest BCUT2D eigenvalue weighted by molar-refractivity contribution is 5.98. The molecule has 1 aliphatic rings. The van der Waals surface area contributed by atoms with Gasteiger partial charge < -0.3 is 9.30 Å². The van der Waals surface area contributed by atoms with E-state index in [0.29, 0.717) is 17.3 Å². The van der Waals surface area contributed by atoms with Gasteiger partial charge in [-0.25, -0.2) is 19.2 Å². The number of hydrogen-bond donors (Lipinski definition) is 0. The third kappa shape index (κ3) is 2.66.